The van der Waals surface area contributed by atoms with E-state index >= 15 is 0 Å². The highest BCUT2D eigenvalue weighted by Crippen LogP contribution is 2.32. The summed E-state index contributed by atoms with van der Waals surface area (Å²) in [6, 6.07) is 8.30. The van der Waals surface area contributed by atoms with Crippen molar-refractivity contribution >= 4 is 11.6 Å². The van der Waals surface area contributed by atoms with Crippen LogP contribution in [0.15, 0.2) is 30.5 Å². The molecule has 0 saturated carbocycles. The zero-order valence-electron chi connectivity index (χ0n) is 16.3. The summed E-state index contributed by atoms with van der Waals surface area (Å²) in [5, 5.41) is 8.38. The molecule has 0 bridgehead atoms. The number of carbonyl (C=O) groups is 1. The van der Waals surface area contributed by atoms with Crippen LogP contribution in [0.3, 0.4) is 0 Å². The molecule has 0 N–H and O–H groups in total. The Labute approximate surface area is 159 Å². The standard InChI is InChI=1S/C20H27N5O2/c1-20(13-27-14-20)12-24-11-17(21-22-24)19(26)25-16(10-23(2)3)9-8-15-6-4-5-7-18(15)25/h4-7,11,16H,8-10,12-14H2,1-3H3. The van der Waals surface area contributed by atoms with Crippen molar-refractivity contribution in [3.05, 3.63) is 41.7 Å². The second-order valence-electron chi connectivity index (χ2n) is 8.36. The number of anilines is 1. The van der Waals surface area contributed by atoms with E-state index in [4.69, 9.17) is 4.74 Å². The van der Waals surface area contributed by atoms with Crippen molar-refractivity contribution < 1.29 is 9.53 Å². The smallest absolute Gasteiger partial charge is 0.280 e. The minimum absolute atomic E-state index is 0.0738. The Kier molecular flexibility index (Phi) is 4.74. The van der Waals surface area contributed by atoms with Gasteiger partial charge in [0, 0.05) is 17.6 Å². The van der Waals surface area contributed by atoms with E-state index in [1.54, 1.807) is 10.9 Å². The van der Waals surface area contributed by atoms with Gasteiger partial charge < -0.3 is 14.5 Å². The number of likely N-dealkylation sites (N-methyl/N-ethyl adjacent to an activating group) is 1. The van der Waals surface area contributed by atoms with Crippen molar-refractivity contribution in [2.75, 3.05) is 38.8 Å². The van der Waals surface area contributed by atoms with Crippen LogP contribution in [0.25, 0.3) is 0 Å². The molecule has 1 amide bonds. The molecule has 1 saturated heterocycles. The topological polar surface area (TPSA) is 63.5 Å². The van der Waals surface area contributed by atoms with Gasteiger partial charge in [0.1, 0.15) is 0 Å². The van der Waals surface area contributed by atoms with Crippen molar-refractivity contribution in [3.63, 3.8) is 0 Å². The molecule has 7 heteroatoms. The van der Waals surface area contributed by atoms with E-state index in [9.17, 15) is 4.79 Å². The van der Waals surface area contributed by atoms with Crippen LogP contribution in [-0.2, 0) is 17.7 Å². The van der Waals surface area contributed by atoms with E-state index in [0.29, 0.717) is 12.2 Å². The van der Waals surface area contributed by atoms with Gasteiger partial charge in [-0.05, 0) is 38.6 Å². The Morgan fingerprint density at radius 3 is 2.81 bits per heavy atom. The maximum absolute atomic E-state index is 13.4. The number of ether oxygens (including phenoxy) is 1. The number of amides is 1. The van der Waals surface area contributed by atoms with E-state index in [1.165, 1.54) is 5.56 Å². The Morgan fingerprint density at radius 2 is 2.11 bits per heavy atom. The van der Waals surface area contributed by atoms with Crippen LogP contribution in [0.1, 0.15) is 29.4 Å². The number of rotatable bonds is 5. The number of carbonyl (C=O) groups excluding carboxylic acids is 1. The van der Waals surface area contributed by atoms with Crippen molar-refractivity contribution in [3.8, 4) is 0 Å². The largest absolute Gasteiger partial charge is 0.380 e. The van der Waals surface area contributed by atoms with Gasteiger partial charge in [-0.3, -0.25) is 9.48 Å². The maximum Gasteiger partial charge on any atom is 0.280 e. The lowest BCUT2D eigenvalue weighted by Crippen LogP contribution is -2.48. The first kappa shape index (κ1) is 18.1. The minimum Gasteiger partial charge on any atom is -0.380 e. The van der Waals surface area contributed by atoms with Crippen molar-refractivity contribution in [1.29, 1.82) is 0 Å². The third-order valence-electron chi connectivity index (χ3n) is 5.36. The van der Waals surface area contributed by atoms with Crippen LogP contribution in [-0.4, -0.2) is 65.7 Å². The number of benzene rings is 1. The quantitative estimate of drug-likeness (QED) is 0.805. The van der Waals surface area contributed by atoms with Gasteiger partial charge in [0.25, 0.3) is 5.91 Å². The van der Waals surface area contributed by atoms with Gasteiger partial charge in [0.2, 0.25) is 0 Å². The van der Waals surface area contributed by atoms with Gasteiger partial charge in [-0.1, -0.05) is 30.3 Å². The second-order valence-corrected chi connectivity index (χ2v) is 8.36. The summed E-state index contributed by atoms with van der Waals surface area (Å²) in [4.78, 5) is 17.4. The van der Waals surface area contributed by atoms with Crippen LogP contribution < -0.4 is 4.90 Å². The molecule has 1 aromatic heterocycles. The third-order valence-corrected chi connectivity index (χ3v) is 5.36. The fraction of sp³-hybridized carbons (Fsp3) is 0.550. The lowest BCUT2D eigenvalue weighted by molar-refractivity contribution is -0.111. The molecule has 4 rings (SSSR count). The number of para-hydroxylation sites is 1. The van der Waals surface area contributed by atoms with Crippen molar-refractivity contribution in [2.24, 2.45) is 5.41 Å². The van der Waals surface area contributed by atoms with Crippen LogP contribution in [0.2, 0.25) is 0 Å². The molecule has 2 aliphatic rings. The van der Waals surface area contributed by atoms with Crippen molar-refractivity contribution in [2.45, 2.75) is 32.4 Å². The lowest BCUT2D eigenvalue weighted by Gasteiger charge is -2.38. The number of nitrogens with zero attached hydrogens (tertiary/aromatic N) is 5. The molecule has 0 spiro atoms. The van der Waals surface area contributed by atoms with Crippen LogP contribution in [0.5, 0.6) is 0 Å². The molecule has 1 aromatic carbocycles. The lowest BCUT2D eigenvalue weighted by atomic mass is 9.89. The Morgan fingerprint density at radius 1 is 1.33 bits per heavy atom. The van der Waals surface area contributed by atoms with E-state index in [-0.39, 0.29) is 17.4 Å². The highest BCUT2D eigenvalue weighted by molar-refractivity contribution is 6.05. The summed E-state index contributed by atoms with van der Waals surface area (Å²) >= 11 is 0. The van der Waals surface area contributed by atoms with Gasteiger partial charge in [-0.15, -0.1) is 5.10 Å². The minimum atomic E-state index is -0.0738. The average Bonchev–Trinajstić information content (AvgIpc) is 3.07. The van der Waals surface area contributed by atoms with Crippen LogP contribution in [0, 0.1) is 5.41 Å². The predicted molar refractivity (Wildman–Crippen MR) is 103 cm³/mol. The molecule has 3 heterocycles. The number of aromatic nitrogens is 3. The first-order valence-electron chi connectivity index (χ1n) is 9.49. The molecule has 2 aromatic rings. The molecule has 144 valence electrons. The van der Waals surface area contributed by atoms with Gasteiger partial charge in [-0.25, -0.2) is 0 Å². The highest BCUT2D eigenvalue weighted by atomic mass is 16.5. The highest BCUT2D eigenvalue weighted by Gasteiger charge is 2.36. The molecule has 0 aliphatic carbocycles. The average molecular weight is 369 g/mol. The molecule has 1 atom stereocenters. The normalized spacial score (nSPS) is 21.0. The summed E-state index contributed by atoms with van der Waals surface area (Å²) in [6.07, 6.45) is 3.71. The van der Waals surface area contributed by atoms with Crippen molar-refractivity contribution in [1.82, 2.24) is 19.9 Å². The number of hydrogen-bond acceptors (Lipinski definition) is 5. The molecular formula is C20H27N5O2. The van der Waals surface area contributed by atoms with E-state index < -0.39 is 0 Å². The van der Waals surface area contributed by atoms with Crippen LogP contribution in [0.4, 0.5) is 5.69 Å². The molecule has 27 heavy (non-hydrogen) atoms. The fourth-order valence-electron chi connectivity index (χ4n) is 4.00. The summed E-state index contributed by atoms with van der Waals surface area (Å²) in [5.41, 5.74) is 2.69. The van der Waals surface area contributed by atoms with E-state index in [2.05, 4.69) is 28.2 Å². The monoisotopic (exact) mass is 369 g/mol. The SMILES string of the molecule is CN(C)CC1CCc2ccccc2N1C(=O)c1cn(CC2(C)COC2)nn1. The maximum atomic E-state index is 13.4. The molecule has 7 nitrogen and oxygen atoms in total. The third kappa shape index (κ3) is 3.61. The number of aryl methyl sites for hydroxylation is 1. The first-order valence-corrected chi connectivity index (χ1v) is 9.49. The van der Waals surface area contributed by atoms with Gasteiger partial charge in [0.15, 0.2) is 5.69 Å². The summed E-state index contributed by atoms with van der Waals surface area (Å²) in [5.74, 6) is -0.0738. The molecule has 0 radical (unpaired) electrons. The summed E-state index contributed by atoms with van der Waals surface area (Å²) < 4.78 is 7.08. The Hall–Kier alpha value is -2.25. The molecule has 2 aliphatic heterocycles. The van der Waals surface area contributed by atoms with Gasteiger partial charge in [0.05, 0.1) is 32.0 Å². The zero-order valence-corrected chi connectivity index (χ0v) is 16.3. The second kappa shape index (κ2) is 7.05. The fourth-order valence-corrected chi connectivity index (χ4v) is 4.00. The first-order chi connectivity index (χ1) is 13.0. The van der Waals surface area contributed by atoms with E-state index in [1.807, 2.05) is 37.2 Å². The van der Waals surface area contributed by atoms with Crippen LogP contribution >= 0.6 is 0 Å². The zero-order chi connectivity index (χ0) is 19.0. The summed E-state index contributed by atoms with van der Waals surface area (Å²) in [7, 11) is 4.08. The molecular weight excluding hydrogens is 342 g/mol. The number of fused-ring (bicyclic) bond motifs is 1. The Bertz CT molecular complexity index is 827. The summed E-state index contributed by atoms with van der Waals surface area (Å²) in [6.45, 7) is 5.14. The van der Waals surface area contributed by atoms with E-state index in [0.717, 1.165) is 38.3 Å². The molecule has 1 unspecified atom stereocenters. The Balaban J connectivity index is 1.60. The van der Waals surface area contributed by atoms with Gasteiger partial charge >= 0.3 is 0 Å². The van der Waals surface area contributed by atoms with Gasteiger partial charge in [-0.2, -0.15) is 0 Å². The number of hydrogen-bond donors (Lipinski definition) is 0. The molecule has 1 fully saturated rings. The predicted octanol–water partition coefficient (Wildman–Crippen LogP) is 1.84.